The lowest BCUT2D eigenvalue weighted by molar-refractivity contribution is -0.127. The number of carbonyl (C=O) groups is 2. The number of hydrogen-bond acceptors (Lipinski definition) is 3. The molecule has 0 fully saturated rings. The summed E-state index contributed by atoms with van der Waals surface area (Å²) in [7, 11) is 0. The molecule has 0 spiro atoms. The number of rotatable bonds is 3. The molecule has 6 heteroatoms. The molecule has 116 valence electrons. The lowest BCUT2D eigenvalue weighted by Crippen LogP contribution is -2.36. The molecule has 0 radical (unpaired) electrons. The molecule has 0 aliphatic carbocycles. The van der Waals surface area contributed by atoms with Crippen molar-refractivity contribution < 1.29 is 14.0 Å². The first kappa shape index (κ1) is 14.9. The van der Waals surface area contributed by atoms with Crippen LogP contribution in [0.3, 0.4) is 0 Å². The van der Waals surface area contributed by atoms with Gasteiger partial charge in [-0.05, 0) is 31.2 Å². The van der Waals surface area contributed by atoms with E-state index in [2.05, 4.69) is 10.4 Å². The fraction of sp³-hybridized carbons (Fsp3) is 0.118. The zero-order valence-electron chi connectivity index (χ0n) is 12.4. The first-order valence-corrected chi connectivity index (χ1v) is 7.07. The lowest BCUT2D eigenvalue weighted by atomic mass is 10.0. The summed E-state index contributed by atoms with van der Waals surface area (Å²) in [6.07, 6.45) is 0. The van der Waals surface area contributed by atoms with Crippen LogP contribution in [0.25, 0.3) is 0 Å². The van der Waals surface area contributed by atoms with Gasteiger partial charge in [-0.25, -0.2) is 4.39 Å². The first-order valence-electron chi connectivity index (χ1n) is 7.07. The first-order chi connectivity index (χ1) is 11.1. The number of hydrazone groups is 1. The van der Waals surface area contributed by atoms with Gasteiger partial charge in [0.15, 0.2) is 5.92 Å². The molecule has 3 rings (SSSR count). The number of anilines is 2. The van der Waals surface area contributed by atoms with Crippen molar-refractivity contribution in [1.29, 1.82) is 0 Å². The fourth-order valence-corrected chi connectivity index (χ4v) is 2.39. The summed E-state index contributed by atoms with van der Waals surface area (Å²) in [5.41, 5.74) is 0.988. The van der Waals surface area contributed by atoms with Gasteiger partial charge in [0, 0.05) is 0 Å². The van der Waals surface area contributed by atoms with Gasteiger partial charge in [-0.3, -0.25) is 9.59 Å². The maximum atomic E-state index is 13.6. The third-order valence-electron chi connectivity index (χ3n) is 3.53. The van der Waals surface area contributed by atoms with Crippen LogP contribution in [-0.2, 0) is 9.59 Å². The minimum Gasteiger partial charge on any atom is -0.323 e. The van der Waals surface area contributed by atoms with Crippen molar-refractivity contribution in [2.24, 2.45) is 11.0 Å². The largest absolute Gasteiger partial charge is 0.323 e. The Morgan fingerprint density at radius 3 is 2.48 bits per heavy atom. The summed E-state index contributed by atoms with van der Waals surface area (Å²) in [5.74, 6) is -2.67. The average Bonchev–Trinajstić information content (AvgIpc) is 2.85. The number of para-hydroxylation sites is 2. The predicted octanol–water partition coefficient (Wildman–Crippen LogP) is 2.80. The second-order valence-corrected chi connectivity index (χ2v) is 5.13. The molecule has 23 heavy (non-hydrogen) atoms. The summed E-state index contributed by atoms with van der Waals surface area (Å²) in [6, 6.07) is 14.6. The van der Waals surface area contributed by atoms with E-state index in [4.69, 9.17) is 0 Å². The van der Waals surface area contributed by atoms with Crippen molar-refractivity contribution in [2.75, 3.05) is 10.3 Å². The van der Waals surface area contributed by atoms with Crippen LogP contribution in [-0.4, -0.2) is 17.5 Å². The minimum atomic E-state index is -1.06. The second-order valence-electron chi connectivity index (χ2n) is 5.13. The fourth-order valence-electron chi connectivity index (χ4n) is 2.39. The Morgan fingerprint density at radius 2 is 1.78 bits per heavy atom. The van der Waals surface area contributed by atoms with Crippen LogP contribution in [0.2, 0.25) is 0 Å². The summed E-state index contributed by atoms with van der Waals surface area (Å²) in [6.45, 7) is 1.60. The normalized spacial score (nSPS) is 17.1. The van der Waals surface area contributed by atoms with E-state index in [1.165, 1.54) is 23.2 Å². The van der Waals surface area contributed by atoms with E-state index in [1.54, 1.807) is 37.3 Å². The topological polar surface area (TPSA) is 61.8 Å². The lowest BCUT2D eigenvalue weighted by Gasteiger charge is -2.14. The Balaban J connectivity index is 1.81. The summed E-state index contributed by atoms with van der Waals surface area (Å²) >= 11 is 0. The molecule has 2 aromatic rings. The number of benzene rings is 2. The third-order valence-corrected chi connectivity index (χ3v) is 3.53. The van der Waals surface area contributed by atoms with Gasteiger partial charge in [-0.2, -0.15) is 10.1 Å². The third kappa shape index (κ3) is 2.83. The van der Waals surface area contributed by atoms with Gasteiger partial charge in [0.2, 0.25) is 5.91 Å². The SMILES string of the molecule is CC1=NN(c2ccccc2)C(=O)[C@H]1C(=O)Nc1ccccc1F. The molecular weight excluding hydrogens is 297 g/mol. The Morgan fingerprint density at radius 1 is 1.13 bits per heavy atom. The van der Waals surface area contributed by atoms with E-state index in [0.717, 1.165) is 0 Å². The zero-order chi connectivity index (χ0) is 16.4. The van der Waals surface area contributed by atoms with Gasteiger partial charge < -0.3 is 5.32 Å². The Kier molecular flexibility index (Phi) is 3.89. The van der Waals surface area contributed by atoms with Crippen molar-refractivity contribution in [3.8, 4) is 0 Å². The number of amides is 2. The highest BCUT2D eigenvalue weighted by Crippen LogP contribution is 2.25. The van der Waals surface area contributed by atoms with Crippen molar-refractivity contribution in [2.45, 2.75) is 6.92 Å². The Hall–Kier alpha value is -3.02. The molecule has 0 aromatic heterocycles. The second kappa shape index (κ2) is 6.00. The van der Waals surface area contributed by atoms with E-state index in [9.17, 15) is 14.0 Å². The molecule has 5 nitrogen and oxygen atoms in total. The standard InChI is InChI=1S/C17H14FN3O2/c1-11-15(16(22)19-14-10-6-5-9-13(14)18)17(23)21(20-11)12-7-3-2-4-8-12/h2-10,15H,1H3,(H,19,22)/t15-/m1/s1. The van der Waals surface area contributed by atoms with Gasteiger partial charge in [0.1, 0.15) is 5.82 Å². The molecule has 1 N–H and O–H groups in total. The summed E-state index contributed by atoms with van der Waals surface area (Å²) in [5, 5.41) is 7.79. The summed E-state index contributed by atoms with van der Waals surface area (Å²) in [4.78, 5) is 24.8. The van der Waals surface area contributed by atoms with Gasteiger partial charge in [0.05, 0.1) is 17.1 Å². The predicted molar refractivity (Wildman–Crippen MR) is 85.6 cm³/mol. The van der Waals surface area contributed by atoms with Crippen LogP contribution in [0.5, 0.6) is 0 Å². The smallest absolute Gasteiger partial charge is 0.265 e. The maximum Gasteiger partial charge on any atom is 0.265 e. The van der Waals surface area contributed by atoms with E-state index < -0.39 is 23.5 Å². The number of nitrogens with zero attached hydrogens (tertiary/aromatic N) is 2. The minimum absolute atomic E-state index is 0.0382. The van der Waals surface area contributed by atoms with Crippen molar-refractivity contribution in [1.82, 2.24) is 0 Å². The average molecular weight is 311 g/mol. The van der Waals surface area contributed by atoms with Crippen molar-refractivity contribution in [3.63, 3.8) is 0 Å². The highest BCUT2D eigenvalue weighted by atomic mass is 19.1. The van der Waals surface area contributed by atoms with Gasteiger partial charge in [-0.15, -0.1) is 0 Å². The molecule has 0 saturated heterocycles. The molecule has 0 bridgehead atoms. The van der Waals surface area contributed by atoms with Gasteiger partial charge in [-0.1, -0.05) is 30.3 Å². The van der Waals surface area contributed by atoms with Crippen LogP contribution >= 0.6 is 0 Å². The van der Waals surface area contributed by atoms with Crippen molar-refractivity contribution >= 4 is 28.9 Å². The van der Waals surface area contributed by atoms with E-state index in [1.807, 2.05) is 6.07 Å². The molecule has 2 aromatic carbocycles. The quantitative estimate of drug-likeness (QED) is 0.886. The number of nitrogens with one attached hydrogen (secondary N) is 1. The monoisotopic (exact) mass is 311 g/mol. The van der Waals surface area contributed by atoms with Crippen LogP contribution in [0.4, 0.5) is 15.8 Å². The molecule has 2 amide bonds. The molecule has 1 aliphatic rings. The van der Waals surface area contributed by atoms with Gasteiger partial charge in [0.25, 0.3) is 5.91 Å². The maximum absolute atomic E-state index is 13.6. The van der Waals surface area contributed by atoms with Crippen molar-refractivity contribution in [3.05, 3.63) is 60.4 Å². The van der Waals surface area contributed by atoms with E-state index in [-0.39, 0.29) is 5.69 Å². The van der Waals surface area contributed by atoms with Crippen LogP contribution in [0, 0.1) is 11.7 Å². The Bertz CT molecular complexity index is 789. The van der Waals surface area contributed by atoms with E-state index >= 15 is 0 Å². The Labute approximate surface area is 132 Å². The number of halogens is 1. The number of hydrogen-bond donors (Lipinski definition) is 1. The van der Waals surface area contributed by atoms with E-state index in [0.29, 0.717) is 11.4 Å². The number of carbonyl (C=O) groups excluding carboxylic acids is 2. The molecule has 1 atom stereocenters. The molecular formula is C17H14FN3O2. The van der Waals surface area contributed by atoms with Crippen LogP contribution in [0.15, 0.2) is 59.7 Å². The molecule has 0 saturated carbocycles. The van der Waals surface area contributed by atoms with Gasteiger partial charge >= 0.3 is 0 Å². The van der Waals surface area contributed by atoms with Crippen LogP contribution in [0.1, 0.15) is 6.92 Å². The summed E-state index contributed by atoms with van der Waals surface area (Å²) < 4.78 is 13.6. The highest BCUT2D eigenvalue weighted by molar-refractivity contribution is 6.28. The molecule has 1 heterocycles. The van der Waals surface area contributed by atoms with Crippen LogP contribution < -0.4 is 10.3 Å². The molecule has 0 unspecified atom stereocenters. The zero-order valence-corrected chi connectivity index (χ0v) is 12.4. The molecule has 1 aliphatic heterocycles. The highest BCUT2D eigenvalue weighted by Gasteiger charge is 2.39.